The van der Waals surface area contributed by atoms with E-state index in [4.69, 9.17) is 10.5 Å². The number of carbonyl (C=O) groups excluding carboxylic acids is 1. The van der Waals surface area contributed by atoms with Crippen LogP contribution >= 0.6 is 0 Å². The van der Waals surface area contributed by atoms with E-state index in [1.807, 2.05) is 0 Å². The normalized spacial score (nSPS) is 11.2. The standard InChI is InChI=1S/C12H18N2O2/c1-12(2,3)6-8-16-11(15)10-9(13)5-4-7-14-10/h4-5,7H,6,8,13H2,1-3H3. The average molecular weight is 222 g/mol. The summed E-state index contributed by atoms with van der Waals surface area (Å²) in [7, 11) is 0. The average Bonchev–Trinajstić information content (AvgIpc) is 2.16. The summed E-state index contributed by atoms with van der Waals surface area (Å²) in [5, 5.41) is 0. The first-order valence-corrected chi connectivity index (χ1v) is 5.28. The monoisotopic (exact) mass is 222 g/mol. The van der Waals surface area contributed by atoms with Crippen LogP contribution in [0.1, 0.15) is 37.7 Å². The number of carbonyl (C=O) groups is 1. The van der Waals surface area contributed by atoms with Crippen LogP contribution in [0, 0.1) is 5.41 Å². The van der Waals surface area contributed by atoms with Crippen LogP contribution in [0.2, 0.25) is 0 Å². The minimum Gasteiger partial charge on any atom is -0.461 e. The van der Waals surface area contributed by atoms with Gasteiger partial charge in [0.15, 0.2) is 5.69 Å². The lowest BCUT2D eigenvalue weighted by Crippen LogP contribution is -2.15. The van der Waals surface area contributed by atoms with Crippen LogP contribution in [-0.2, 0) is 4.74 Å². The van der Waals surface area contributed by atoms with Gasteiger partial charge < -0.3 is 10.5 Å². The highest BCUT2D eigenvalue weighted by molar-refractivity contribution is 5.92. The van der Waals surface area contributed by atoms with Crippen LogP contribution in [-0.4, -0.2) is 17.6 Å². The minimum absolute atomic E-state index is 0.149. The smallest absolute Gasteiger partial charge is 0.359 e. The summed E-state index contributed by atoms with van der Waals surface area (Å²) in [6.07, 6.45) is 2.34. The van der Waals surface area contributed by atoms with Crippen molar-refractivity contribution in [2.75, 3.05) is 12.3 Å². The zero-order chi connectivity index (χ0) is 12.2. The second-order valence-corrected chi connectivity index (χ2v) is 4.89. The Morgan fingerprint density at radius 2 is 2.19 bits per heavy atom. The zero-order valence-electron chi connectivity index (χ0n) is 9.99. The van der Waals surface area contributed by atoms with Crippen LogP contribution in [0.5, 0.6) is 0 Å². The number of esters is 1. The first kappa shape index (κ1) is 12.5. The Morgan fingerprint density at radius 1 is 1.50 bits per heavy atom. The Kier molecular flexibility index (Phi) is 3.88. The number of rotatable bonds is 3. The molecule has 0 fully saturated rings. The summed E-state index contributed by atoms with van der Waals surface area (Å²) in [4.78, 5) is 15.5. The summed E-state index contributed by atoms with van der Waals surface area (Å²) in [6, 6.07) is 3.31. The van der Waals surface area contributed by atoms with Gasteiger partial charge in [-0.25, -0.2) is 9.78 Å². The van der Waals surface area contributed by atoms with Crippen molar-refractivity contribution in [1.82, 2.24) is 4.98 Å². The topological polar surface area (TPSA) is 65.2 Å². The maximum Gasteiger partial charge on any atom is 0.359 e. The van der Waals surface area contributed by atoms with Crippen LogP contribution in [0.3, 0.4) is 0 Å². The number of hydrogen-bond donors (Lipinski definition) is 1. The molecular weight excluding hydrogens is 204 g/mol. The Bertz CT molecular complexity index is 370. The van der Waals surface area contributed by atoms with Gasteiger partial charge in [0.2, 0.25) is 0 Å². The molecule has 0 aliphatic rings. The van der Waals surface area contributed by atoms with E-state index >= 15 is 0 Å². The molecule has 1 aromatic heterocycles. The molecule has 0 saturated carbocycles. The van der Waals surface area contributed by atoms with Crippen molar-refractivity contribution >= 4 is 11.7 Å². The number of nitrogens with two attached hydrogens (primary N) is 1. The molecule has 0 aliphatic carbocycles. The van der Waals surface area contributed by atoms with Crippen molar-refractivity contribution in [3.8, 4) is 0 Å². The number of aromatic nitrogens is 1. The molecule has 0 unspecified atom stereocenters. The Labute approximate surface area is 95.8 Å². The molecule has 0 radical (unpaired) electrons. The number of pyridine rings is 1. The SMILES string of the molecule is CC(C)(C)CCOC(=O)c1ncccc1N. The van der Waals surface area contributed by atoms with E-state index in [1.54, 1.807) is 12.1 Å². The molecule has 88 valence electrons. The predicted octanol–water partition coefficient (Wildman–Crippen LogP) is 2.26. The van der Waals surface area contributed by atoms with E-state index in [1.165, 1.54) is 6.20 Å². The fourth-order valence-electron chi connectivity index (χ4n) is 1.11. The van der Waals surface area contributed by atoms with Crippen molar-refractivity contribution in [1.29, 1.82) is 0 Å². The molecular formula is C12H18N2O2. The summed E-state index contributed by atoms with van der Waals surface area (Å²) in [5.41, 5.74) is 6.31. The van der Waals surface area contributed by atoms with Gasteiger partial charge in [0.1, 0.15) is 0 Å². The van der Waals surface area contributed by atoms with E-state index < -0.39 is 5.97 Å². The molecule has 16 heavy (non-hydrogen) atoms. The first-order chi connectivity index (χ1) is 7.40. The van der Waals surface area contributed by atoms with Crippen molar-refractivity contribution in [3.05, 3.63) is 24.0 Å². The number of hydrogen-bond acceptors (Lipinski definition) is 4. The van der Waals surface area contributed by atoms with Gasteiger partial charge in [-0.1, -0.05) is 20.8 Å². The van der Waals surface area contributed by atoms with Gasteiger partial charge in [0.05, 0.1) is 12.3 Å². The van der Waals surface area contributed by atoms with Gasteiger partial charge >= 0.3 is 5.97 Å². The summed E-state index contributed by atoms with van der Waals surface area (Å²) < 4.78 is 5.10. The Hall–Kier alpha value is -1.58. The van der Waals surface area contributed by atoms with Crippen LogP contribution < -0.4 is 5.73 Å². The molecule has 0 aromatic carbocycles. The molecule has 0 aliphatic heterocycles. The maximum absolute atomic E-state index is 11.6. The molecule has 0 saturated heterocycles. The molecule has 1 heterocycles. The van der Waals surface area contributed by atoms with Crippen LogP contribution in [0.25, 0.3) is 0 Å². The lowest BCUT2D eigenvalue weighted by molar-refractivity contribution is 0.0459. The molecule has 1 rings (SSSR count). The van der Waals surface area contributed by atoms with E-state index in [0.29, 0.717) is 12.3 Å². The molecule has 2 N–H and O–H groups in total. The third-order valence-corrected chi connectivity index (χ3v) is 2.12. The highest BCUT2D eigenvalue weighted by atomic mass is 16.5. The van der Waals surface area contributed by atoms with Gasteiger partial charge in [0, 0.05) is 6.20 Å². The molecule has 1 aromatic rings. The van der Waals surface area contributed by atoms with Gasteiger partial charge in [-0.2, -0.15) is 0 Å². The first-order valence-electron chi connectivity index (χ1n) is 5.28. The van der Waals surface area contributed by atoms with Crippen molar-refractivity contribution < 1.29 is 9.53 Å². The zero-order valence-corrected chi connectivity index (χ0v) is 9.99. The largest absolute Gasteiger partial charge is 0.461 e. The summed E-state index contributed by atoms with van der Waals surface area (Å²) in [5.74, 6) is -0.456. The van der Waals surface area contributed by atoms with E-state index in [0.717, 1.165) is 6.42 Å². The highest BCUT2D eigenvalue weighted by Crippen LogP contribution is 2.18. The second kappa shape index (κ2) is 4.96. The quantitative estimate of drug-likeness (QED) is 0.797. The highest BCUT2D eigenvalue weighted by Gasteiger charge is 2.15. The number of ether oxygens (including phenoxy) is 1. The van der Waals surface area contributed by atoms with Crippen molar-refractivity contribution in [3.63, 3.8) is 0 Å². The molecule has 0 amide bonds. The minimum atomic E-state index is -0.456. The number of nitrogens with zero attached hydrogens (tertiary/aromatic N) is 1. The fraction of sp³-hybridized carbons (Fsp3) is 0.500. The third-order valence-electron chi connectivity index (χ3n) is 2.12. The van der Waals surface area contributed by atoms with Crippen LogP contribution in [0.4, 0.5) is 5.69 Å². The van der Waals surface area contributed by atoms with Gasteiger partial charge in [-0.05, 0) is 24.0 Å². The van der Waals surface area contributed by atoms with Gasteiger partial charge in [-0.15, -0.1) is 0 Å². The lowest BCUT2D eigenvalue weighted by atomic mass is 9.93. The van der Waals surface area contributed by atoms with E-state index in [-0.39, 0.29) is 11.1 Å². The van der Waals surface area contributed by atoms with E-state index in [9.17, 15) is 4.79 Å². The molecule has 4 nitrogen and oxygen atoms in total. The van der Waals surface area contributed by atoms with Gasteiger partial charge in [0.25, 0.3) is 0 Å². The second-order valence-electron chi connectivity index (χ2n) is 4.89. The Morgan fingerprint density at radius 3 is 2.75 bits per heavy atom. The fourth-order valence-corrected chi connectivity index (χ4v) is 1.11. The summed E-state index contributed by atoms with van der Waals surface area (Å²) in [6.45, 7) is 6.67. The van der Waals surface area contributed by atoms with Crippen LogP contribution in [0.15, 0.2) is 18.3 Å². The third kappa shape index (κ3) is 3.88. The number of nitrogen functional groups attached to an aromatic ring is 1. The van der Waals surface area contributed by atoms with E-state index in [2.05, 4.69) is 25.8 Å². The maximum atomic E-state index is 11.6. The summed E-state index contributed by atoms with van der Waals surface area (Å²) >= 11 is 0. The predicted molar refractivity (Wildman–Crippen MR) is 63.0 cm³/mol. The lowest BCUT2D eigenvalue weighted by Gasteiger charge is -2.17. The molecule has 0 atom stereocenters. The molecule has 0 bridgehead atoms. The van der Waals surface area contributed by atoms with Gasteiger partial charge in [-0.3, -0.25) is 0 Å². The molecule has 0 spiro atoms. The van der Waals surface area contributed by atoms with Crippen molar-refractivity contribution in [2.45, 2.75) is 27.2 Å². The van der Waals surface area contributed by atoms with Crippen molar-refractivity contribution in [2.24, 2.45) is 5.41 Å². The molecule has 4 heteroatoms. The number of anilines is 1. The Balaban J connectivity index is 2.51.